The summed E-state index contributed by atoms with van der Waals surface area (Å²) in [4.78, 5) is 13.2. The molecule has 19 nitrogen and oxygen atoms in total. The number of rotatable bonds is 39. The van der Waals surface area contributed by atoms with Crippen molar-refractivity contribution in [1.29, 1.82) is 0 Å². The molecule has 19 heteroatoms. The van der Waals surface area contributed by atoms with Crippen LogP contribution in [-0.2, 0) is 33.2 Å². The maximum Gasteiger partial charge on any atom is 0.220 e. The van der Waals surface area contributed by atoms with Crippen LogP contribution in [0.5, 0.6) is 0 Å². The van der Waals surface area contributed by atoms with Crippen molar-refractivity contribution in [3.05, 3.63) is 24.3 Å². The minimum absolute atomic E-state index is 0.237. The molecule has 0 saturated carbocycles. The first kappa shape index (κ1) is 64.6. The van der Waals surface area contributed by atoms with Crippen molar-refractivity contribution >= 4 is 5.91 Å². The molecule has 17 unspecified atom stereocenters. The number of nitrogens with one attached hydrogen (secondary N) is 1. The van der Waals surface area contributed by atoms with Gasteiger partial charge in [0.15, 0.2) is 18.9 Å². The predicted molar refractivity (Wildman–Crippen MR) is 268 cm³/mol. The summed E-state index contributed by atoms with van der Waals surface area (Å²) in [5.41, 5.74) is 0. The second-order valence-electron chi connectivity index (χ2n) is 20.0. The van der Waals surface area contributed by atoms with Gasteiger partial charge < -0.3 is 89.9 Å². The molecular weight excluding hydrogens is 939 g/mol. The number of hydrogen-bond donors (Lipinski definition) is 12. The van der Waals surface area contributed by atoms with Crippen LogP contribution in [0.1, 0.15) is 174 Å². The summed E-state index contributed by atoms with van der Waals surface area (Å²) in [5, 5.41) is 120. The number of aliphatic hydroxyl groups is 11. The first-order valence-electron chi connectivity index (χ1n) is 27.6. The van der Waals surface area contributed by atoms with Crippen LogP contribution in [0.3, 0.4) is 0 Å². The van der Waals surface area contributed by atoms with E-state index in [0.29, 0.717) is 12.8 Å². The second kappa shape index (κ2) is 37.9. The van der Waals surface area contributed by atoms with E-state index in [1.165, 1.54) is 103 Å². The molecule has 0 aromatic rings. The number of unbranched alkanes of at least 4 members (excludes halogenated alkanes) is 21. The quantitative estimate of drug-likeness (QED) is 0.0311. The molecule has 3 heterocycles. The summed E-state index contributed by atoms with van der Waals surface area (Å²) in [6.07, 6.45) is 9.06. The third-order valence-electron chi connectivity index (χ3n) is 14.0. The Morgan fingerprint density at radius 2 is 0.889 bits per heavy atom. The molecule has 1 amide bonds. The van der Waals surface area contributed by atoms with E-state index in [9.17, 15) is 61.0 Å². The van der Waals surface area contributed by atoms with Crippen LogP contribution in [0.4, 0.5) is 0 Å². The number of carbonyl (C=O) groups excluding carboxylic acids is 1. The summed E-state index contributed by atoms with van der Waals surface area (Å²) >= 11 is 0. The van der Waals surface area contributed by atoms with E-state index in [1.807, 2.05) is 6.08 Å². The van der Waals surface area contributed by atoms with Gasteiger partial charge in [0.2, 0.25) is 5.91 Å². The fourth-order valence-corrected chi connectivity index (χ4v) is 9.38. The van der Waals surface area contributed by atoms with E-state index in [-0.39, 0.29) is 18.9 Å². The number of hydrogen-bond acceptors (Lipinski definition) is 18. The topological polar surface area (TPSA) is 307 Å². The zero-order valence-electron chi connectivity index (χ0n) is 43.4. The summed E-state index contributed by atoms with van der Waals surface area (Å²) in [6.45, 7) is 1.65. The van der Waals surface area contributed by atoms with Crippen LogP contribution in [0, 0.1) is 0 Å². The zero-order valence-corrected chi connectivity index (χ0v) is 43.4. The Hall–Kier alpha value is -1.73. The van der Waals surface area contributed by atoms with E-state index < -0.39 is 124 Å². The third-order valence-corrected chi connectivity index (χ3v) is 14.0. The highest BCUT2D eigenvalue weighted by atomic mass is 16.8. The maximum absolute atomic E-state index is 13.2. The van der Waals surface area contributed by atoms with Crippen LogP contribution in [0.25, 0.3) is 0 Å². The average molecular weight is 1040 g/mol. The monoisotopic (exact) mass is 1040 g/mol. The van der Waals surface area contributed by atoms with Crippen molar-refractivity contribution in [3.8, 4) is 0 Å². The number of ether oxygens (including phenoxy) is 6. The molecule has 3 aliphatic heterocycles. The Bertz CT molecular complexity index is 1430. The Kier molecular flexibility index (Phi) is 34.0. The second-order valence-corrected chi connectivity index (χ2v) is 20.0. The van der Waals surface area contributed by atoms with Gasteiger partial charge in [-0.05, 0) is 32.1 Å². The lowest BCUT2D eigenvalue weighted by atomic mass is 9.96. The van der Waals surface area contributed by atoms with Gasteiger partial charge in [0.25, 0.3) is 0 Å². The van der Waals surface area contributed by atoms with E-state index in [2.05, 4.69) is 31.3 Å². The van der Waals surface area contributed by atoms with Crippen molar-refractivity contribution in [3.63, 3.8) is 0 Å². The highest BCUT2D eigenvalue weighted by molar-refractivity contribution is 5.76. The normalized spacial score (nSPS) is 32.2. The Balaban J connectivity index is 1.54. The average Bonchev–Trinajstić information content (AvgIpc) is 3.37. The van der Waals surface area contributed by atoms with Crippen LogP contribution >= 0.6 is 0 Å². The molecule has 0 bridgehead atoms. The first-order valence-corrected chi connectivity index (χ1v) is 27.6. The molecule has 3 saturated heterocycles. The van der Waals surface area contributed by atoms with Crippen molar-refractivity contribution < 1.29 is 89.4 Å². The lowest BCUT2D eigenvalue weighted by Gasteiger charge is -2.48. The molecule has 3 fully saturated rings. The van der Waals surface area contributed by atoms with Crippen molar-refractivity contribution in [2.24, 2.45) is 0 Å². The molecule has 422 valence electrons. The van der Waals surface area contributed by atoms with Crippen LogP contribution < -0.4 is 5.32 Å². The number of allylic oxidation sites excluding steroid dienone is 3. The fourth-order valence-electron chi connectivity index (χ4n) is 9.38. The fraction of sp³-hybridized carbons (Fsp3) is 0.906. The van der Waals surface area contributed by atoms with Gasteiger partial charge in [0.05, 0.1) is 38.6 Å². The van der Waals surface area contributed by atoms with Crippen LogP contribution in [0.2, 0.25) is 0 Å². The summed E-state index contributed by atoms with van der Waals surface area (Å²) in [6, 6.07) is -0.982. The van der Waals surface area contributed by atoms with Gasteiger partial charge in [0.1, 0.15) is 73.2 Å². The zero-order chi connectivity index (χ0) is 52.7. The largest absolute Gasteiger partial charge is 0.394 e. The van der Waals surface area contributed by atoms with Crippen LogP contribution in [0.15, 0.2) is 24.3 Å². The lowest BCUT2D eigenvalue weighted by molar-refractivity contribution is -0.379. The van der Waals surface area contributed by atoms with Crippen molar-refractivity contribution in [2.45, 2.75) is 279 Å². The standard InChI is InChI=1S/C53H97NO18/c1-3-5-7-9-11-13-14-15-16-17-18-19-20-21-23-24-26-28-30-37(58)36(54-41(59)31-29-27-25-22-12-10-8-6-4-2)35-67-51-47(65)44(62)49(39(33-56)69-51)72-53-48(66)45(63)50(40(34-57)70-53)71-52-46(64)43(61)42(60)38(32-55)68-52/h21,23,28,30,36-40,42-53,55-58,60-66H,3-20,22,24-27,29,31-35H2,1-2H3,(H,54,59)/b23-21+,30-28+. The SMILES string of the molecule is CCCCCCCCCCCCCC/C=C/CC/C=C/C(O)C(COC1OC(CO)C(OC2OC(CO)C(OC3OC(CO)C(O)C(O)C3O)C(O)C2O)C(O)C1O)NC(=O)CCCCCCCCCCC. The molecule has 3 rings (SSSR count). The van der Waals surface area contributed by atoms with Crippen LogP contribution in [-0.4, -0.2) is 193 Å². The highest BCUT2D eigenvalue weighted by Gasteiger charge is 2.53. The molecule has 0 radical (unpaired) electrons. The molecule has 3 aliphatic rings. The number of amides is 1. The highest BCUT2D eigenvalue weighted by Crippen LogP contribution is 2.33. The molecule has 72 heavy (non-hydrogen) atoms. The van der Waals surface area contributed by atoms with Gasteiger partial charge in [-0.1, -0.05) is 160 Å². The van der Waals surface area contributed by atoms with E-state index >= 15 is 0 Å². The van der Waals surface area contributed by atoms with Gasteiger partial charge in [0, 0.05) is 6.42 Å². The number of carbonyl (C=O) groups is 1. The molecular formula is C53H97NO18. The van der Waals surface area contributed by atoms with E-state index in [0.717, 1.165) is 38.5 Å². The molecule has 0 spiro atoms. The first-order chi connectivity index (χ1) is 34.8. The minimum Gasteiger partial charge on any atom is -0.394 e. The molecule has 17 atom stereocenters. The molecule has 12 N–H and O–H groups in total. The van der Waals surface area contributed by atoms with Gasteiger partial charge in [-0.2, -0.15) is 0 Å². The Morgan fingerprint density at radius 1 is 0.486 bits per heavy atom. The Labute approximate surface area is 428 Å². The van der Waals surface area contributed by atoms with Gasteiger partial charge in [-0.3, -0.25) is 4.79 Å². The summed E-state index contributed by atoms with van der Waals surface area (Å²) in [7, 11) is 0. The molecule has 0 aromatic heterocycles. The van der Waals surface area contributed by atoms with Gasteiger partial charge in [-0.15, -0.1) is 0 Å². The molecule has 0 aromatic carbocycles. The summed E-state index contributed by atoms with van der Waals surface area (Å²) in [5.74, 6) is -0.290. The van der Waals surface area contributed by atoms with E-state index in [1.54, 1.807) is 6.08 Å². The van der Waals surface area contributed by atoms with Crippen molar-refractivity contribution in [1.82, 2.24) is 5.32 Å². The molecule has 0 aliphatic carbocycles. The van der Waals surface area contributed by atoms with Gasteiger partial charge in [-0.25, -0.2) is 0 Å². The lowest BCUT2D eigenvalue weighted by Crippen LogP contribution is -2.66. The summed E-state index contributed by atoms with van der Waals surface area (Å²) < 4.78 is 34.1. The minimum atomic E-state index is -1.98. The van der Waals surface area contributed by atoms with Crippen molar-refractivity contribution in [2.75, 3.05) is 26.4 Å². The van der Waals surface area contributed by atoms with E-state index in [4.69, 9.17) is 28.4 Å². The predicted octanol–water partition coefficient (Wildman–Crippen LogP) is 3.20. The smallest absolute Gasteiger partial charge is 0.220 e. The number of aliphatic hydroxyl groups excluding tert-OH is 11. The maximum atomic E-state index is 13.2. The third kappa shape index (κ3) is 22.9. The van der Waals surface area contributed by atoms with Gasteiger partial charge >= 0.3 is 0 Å². The Morgan fingerprint density at radius 3 is 1.39 bits per heavy atom.